The van der Waals surface area contributed by atoms with E-state index in [1.54, 1.807) is 31.2 Å². The summed E-state index contributed by atoms with van der Waals surface area (Å²) in [5, 5.41) is 5.73. The number of carbonyl (C=O) groups is 3. The Morgan fingerprint density at radius 1 is 1.00 bits per heavy atom. The highest BCUT2D eigenvalue weighted by molar-refractivity contribution is 6.08. The van der Waals surface area contributed by atoms with Gasteiger partial charge < -0.3 is 5.32 Å². The lowest BCUT2D eigenvalue weighted by Gasteiger charge is -2.22. The Morgan fingerprint density at radius 3 is 2.42 bits per heavy atom. The van der Waals surface area contributed by atoms with Crippen LogP contribution in [0.15, 0.2) is 72.8 Å². The monoisotopic (exact) mass is 416 g/mol. The van der Waals surface area contributed by atoms with Crippen molar-refractivity contribution in [3.8, 4) is 0 Å². The van der Waals surface area contributed by atoms with Crippen molar-refractivity contribution in [2.24, 2.45) is 0 Å². The maximum atomic E-state index is 12.9. The number of urea groups is 1. The molecule has 7 nitrogen and oxygen atoms in total. The second kappa shape index (κ2) is 8.20. The Hall–Kier alpha value is -3.71. The highest BCUT2D eigenvalue weighted by atomic mass is 16.2. The van der Waals surface area contributed by atoms with Gasteiger partial charge in [0.05, 0.1) is 6.54 Å². The minimum Gasteiger partial charge on any atom is -0.318 e. The summed E-state index contributed by atoms with van der Waals surface area (Å²) in [6, 6.07) is 22.6. The van der Waals surface area contributed by atoms with Crippen LogP contribution in [0.5, 0.6) is 0 Å². The Labute approximate surface area is 180 Å². The molecular weight excluding hydrogens is 392 g/mol. The zero-order chi connectivity index (χ0) is 22.0. The van der Waals surface area contributed by atoms with Crippen molar-refractivity contribution in [3.05, 3.63) is 83.9 Å². The molecule has 158 valence electrons. The number of hydrogen-bond donors (Lipinski definition) is 2. The highest BCUT2D eigenvalue weighted by Gasteiger charge is 2.49. The average molecular weight is 416 g/mol. The van der Waals surface area contributed by atoms with Crippen molar-refractivity contribution < 1.29 is 14.4 Å². The minimum atomic E-state index is -1.22. The number of hydrazine groups is 1. The molecule has 4 rings (SSSR count). The molecule has 1 heterocycles. The molecule has 1 aliphatic rings. The van der Waals surface area contributed by atoms with E-state index in [1.807, 2.05) is 42.3 Å². The van der Waals surface area contributed by atoms with Crippen molar-refractivity contribution in [1.29, 1.82) is 0 Å². The maximum absolute atomic E-state index is 12.9. The van der Waals surface area contributed by atoms with Crippen molar-refractivity contribution in [2.75, 3.05) is 13.6 Å². The molecule has 4 amide bonds. The van der Waals surface area contributed by atoms with Crippen LogP contribution in [0.3, 0.4) is 0 Å². The predicted molar refractivity (Wildman–Crippen MR) is 118 cm³/mol. The molecule has 0 unspecified atom stereocenters. The molecule has 31 heavy (non-hydrogen) atoms. The first-order valence-corrected chi connectivity index (χ1v) is 10.0. The van der Waals surface area contributed by atoms with E-state index in [0.29, 0.717) is 12.1 Å². The van der Waals surface area contributed by atoms with Crippen LogP contribution in [-0.2, 0) is 21.7 Å². The maximum Gasteiger partial charge on any atom is 0.344 e. The number of hydrogen-bond acceptors (Lipinski definition) is 4. The number of likely N-dealkylation sites (N-methyl/N-ethyl adjacent to an activating group) is 1. The van der Waals surface area contributed by atoms with E-state index in [0.717, 1.165) is 21.3 Å². The molecule has 3 aromatic rings. The van der Waals surface area contributed by atoms with Crippen LogP contribution >= 0.6 is 0 Å². The normalized spacial score (nSPS) is 18.5. The number of amides is 4. The molecule has 0 saturated carbocycles. The molecule has 2 N–H and O–H groups in total. The second-order valence-corrected chi connectivity index (χ2v) is 7.95. The summed E-state index contributed by atoms with van der Waals surface area (Å²) in [7, 11) is 1.81. The minimum absolute atomic E-state index is 0.0337. The fraction of sp³-hybridized carbons (Fsp3) is 0.208. The van der Waals surface area contributed by atoms with Crippen LogP contribution in [0.25, 0.3) is 10.8 Å². The Morgan fingerprint density at radius 2 is 1.68 bits per heavy atom. The van der Waals surface area contributed by atoms with Crippen molar-refractivity contribution in [3.63, 3.8) is 0 Å². The molecule has 0 radical (unpaired) electrons. The number of nitrogens with zero attached hydrogens (tertiary/aromatic N) is 2. The number of nitrogens with one attached hydrogen (secondary N) is 2. The van der Waals surface area contributed by atoms with E-state index in [2.05, 4.69) is 28.9 Å². The first kappa shape index (κ1) is 20.6. The van der Waals surface area contributed by atoms with Gasteiger partial charge in [-0.25, -0.2) is 4.79 Å². The SMILES string of the molecule is CN(CC(=O)NN1C(=O)N[C@@](C)(c2ccccc2)C1=O)Cc1ccc2ccccc2c1. The van der Waals surface area contributed by atoms with E-state index >= 15 is 0 Å². The van der Waals surface area contributed by atoms with Crippen LogP contribution in [0.4, 0.5) is 4.79 Å². The van der Waals surface area contributed by atoms with Crippen molar-refractivity contribution in [1.82, 2.24) is 20.7 Å². The van der Waals surface area contributed by atoms with E-state index in [4.69, 9.17) is 0 Å². The highest BCUT2D eigenvalue weighted by Crippen LogP contribution is 2.27. The molecule has 3 aromatic carbocycles. The number of imide groups is 1. The van der Waals surface area contributed by atoms with E-state index in [9.17, 15) is 14.4 Å². The molecule has 0 spiro atoms. The van der Waals surface area contributed by atoms with Gasteiger partial charge >= 0.3 is 6.03 Å². The molecule has 1 aliphatic heterocycles. The van der Waals surface area contributed by atoms with Crippen LogP contribution in [0.2, 0.25) is 0 Å². The van der Waals surface area contributed by atoms with Crippen LogP contribution < -0.4 is 10.7 Å². The van der Waals surface area contributed by atoms with Crippen molar-refractivity contribution in [2.45, 2.75) is 19.0 Å². The third-order valence-electron chi connectivity index (χ3n) is 5.46. The summed E-state index contributed by atoms with van der Waals surface area (Å²) in [5.74, 6) is -0.960. The fourth-order valence-corrected chi connectivity index (χ4v) is 3.82. The van der Waals surface area contributed by atoms with Crippen LogP contribution in [-0.4, -0.2) is 41.3 Å². The first-order valence-electron chi connectivity index (χ1n) is 10.0. The molecule has 0 aromatic heterocycles. The predicted octanol–water partition coefficient (Wildman–Crippen LogP) is 2.77. The van der Waals surface area contributed by atoms with Gasteiger partial charge in [0, 0.05) is 6.54 Å². The van der Waals surface area contributed by atoms with Gasteiger partial charge in [0.1, 0.15) is 5.54 Å². The van der Waals surface area contributed by atoms with Gasteiger partial charge in [-0.15, -0.1) is 0 Å². The third-order valence-corrected chi connectivity index (χ3v) is 5.46. The lowest BCUT2D eigenvalue weighted by atomic mass is 9.92. The average Bonchev–Trinajstić information content (AvgIpc) is 2.98. The zero-order valence-electron chi connectivity index (χ0n) is 17.5. The third kappa shape index (κ3) is 4.13. The summed E-state index contributed by atoms with van der Waals surface area (Å²) in [6.45, 7) is 2.21. The molecule has 1 atom stereocenters. The number of carbonyl (C=O) groups excluding carboxylic acids is 3. The van der Waals surface area contributed by atoms with Gasteiger partial charge in [-0.1, -0.05) is 66.7 Å². The number of fused-ring (bicyclic) bond motifs is 1. The van der Waals surface area contributed by atoms with Crippen LogP contribution in [0.1, 0.15) is 18.1 Å². The molecular formula is C24H24N4O3. The Balaban J connectivity index is 1.38. The smallest absolute Gasteiger partial charge is 0.318 e. The molecule has 0 bridgehead atoms. The standard InChI is InChI=1S/C24H24N4O3/c1-24(20-10-4-3-5-11-20)22(30)28(23(31)25-24)26-21(29)16-27(2)15-17-12-13-18-8-6-7-9-19(18)14-17/h3-14H,15-16H2,1-2H3,(H,25,31)(H,26,29)/t24-/m0/s1. The zero-order valence-corrected chi connectivity index (χ0v) is 17.5. The summed E-state index contributed by atoms with van der Waals surface area (Å²) >= 11 is 0. The summed E-state index contributed by atoms with van der Waals surface area (Å²) in [5.41, 5.74) is 2.94. The van der Waals surface area contributed by atoms with Gasteiger partial charge in [0.15, 0.2) is 0 Å². The molecule has 0 aliphatic carbocycles. The van der Waals surface area contributed by atoms with E-state index in [1.165, 1.54) is 0 Å². The Kier molecular flexibility index (Phi) is 5.44. The molecule has 1 fully saturated rings. The van der Waals surface area contributed by atoms with Gasteiger partial charge in [-0.05, 0) is 41.9 Å². The second-order valence-electron chi connectivity index (χ2n) is 7.95. The first-order chi connectivity index (χ1) is 14.9. The largest absolute Gasteiger partial charge is 0.344 e. The van der Waals surface area contributed by atoms with Crippen molar-refractivity contribution >= 4 is 28.6 Å². The summed E-state index contributed by atoms with van der Waals surface area (Å²) in [4.78, 5) is 39.6. The van der Waals surface area contributed by atoms with E-state index < -0.39 is 23.4 Å². The lowest BCUT2D eigenvalue weighted by Crippen LogP contribution is -2.50. The summed E-state index contributed by atoms with van der Waals surface area (Å²) in [6.07, 6.45) is 0. The quantitative estimate of drug-likeness (QED) is 0.606. The summed E-state index contributed by atoms with van der Waals surface area (Å²) < 4.78 is 0. The fourth-order valence-electron chi connectivity index (χ4n) is 3.82. The molecule has 1 saturated heterocycles. The van der Waals surface area contributed by atoms with Gasteiger partial charge in [0.2, 0.25) is 0 Å². The van der Waals surface area contributed by atoms with E-state index in [-0.39, 0.29) is 6.54 Å². The Bertz CT molecular complexity index is 1150. The topological polar surface area (TPSA) is 81.8 Å². The number of rotatable bonds is 6. The van der Waals surface area contributed by atoms with Crippen LogP contribution in [0, 0.1) is 0 Å². The number of benzene rings is 3. The lowest BCUT2D eigenvalue weighted by molar-refractivity contribution is -0.139. The van der Waals surface area contributed by atoms with Gasteiger partial charge in [-0.3, -0.25) is 19.9 Å². The van der Waals surface area contributed by atoms with Gasteiger partial charge in [0.25, 0.3) is 11.8 Å². The van der Waals surface area contributed by atoms with Gasteiger partial charge in [-0.2, -0.15) is 5.01 Å². The molecule has 7 heteroatoms.